The Morgan fingerprint density at radius 2 is 2.16 bits per heavy atom. The zero-order valence-corrected chi connectivity index (χ0v) is 10.6. The Morgan fingerprint density at radius 3 is 2.74 bits per heavy atom. The fourth-order valence-corrected chi connectivity index (χ4v) is 1.78. The average Bonchev–Trinajstić information content (AvgIpc) is 2.41. The third kappa shape index (κ3) is 2.66. The minimum atomic E-state index is -1.15. The molecule has 0 aliphatic rings. The molecule has 0 radical (unpaired) electrons. The van der Waals surface area contributed by atoms with Crippen LogP contribution in [0.5, 0.6) is 5.75 Å². The number of carboxylic acids is 1. The van der Waals surface area contributed by atoms with E-state index in [4.69, 9.17) is 21.4 Å². The molecule has 0 amide bonds. The summed E-state index contributed by atoms with van der Waals surface area (Å²) in [5.41, 5.74) is 0.996. The average molecular weight is 282 g/mol. The Kier molecular flexibility index (Phi) is 3.66. The van der Waals surface area contributed by atoms with Crippen molar-refractivity contribution in [3.8, 4) is 16.9 Å². The number of methoxy groups -OCH3 is 1. The quantitative estimate of drug-likeness (QED) is 0.938. The van der Waals surface area contributed by atoms with Gasteiger partial charge in [-0.15, -0.1) is 0 Å². The van der Waals surface area contributed by atoms with Crippen molar-refractivity contribution in [3.63, 3.8) is 0 Å². The number of halogens is 2. The lowest BCUT2D eigenvalue weighted by molar-refractivity contribution is 0.0690. The van der Waals surface area contributed by atoms with E-state index in [2.05, 4.69) is 4.98 Å². The minimum absolute atomic E-state index is 0.0261. The SMILES string of the molecule is COc1cc(C(=O)O)ncc1-c1ccc(F)c(Cl)c1. The highest BCUT2D eigenvalue weighted by molar-refractivity contribution is 6.31. The molecule has 6 heteroatoms. The zero-order chi connectivity index (χ0) is 14.0. The smallest absolute Gasteiger partial charge is 0.354 e. The molecule has 0 aliphatic heterocycles. The van der Waals surface area contributed by atoms with Crippen molar-refractivity contribution in [2.24, 2.45) is 0 Å². The lowest BCUT2D eigenvalue weighted by atomic mass is 10.1. The summed E-state index contributed by atoms with van der Waals surface area (Å²) in [7, 11) is 1.41. The summed E-state index contributed by atoms with van der Waals surface area (Å²) in [5, 5.41) is 8.83. The largest absolute Gasteiger partial charge is 0.496 e. The van der Waals surface area contributed by atoms with Gasteiger partial charge in [-0.05, 0) is 17.7 Å². The minimum Gasteiger partial charge on any atom is -0.496 e. The van der Waals surface area contributed by atoms with Crippen LogP contribution in [0.4, 0.5) is 4.39 Å². The zero-order valence-electron chi connectivity index (χ0n) is 9.85. The van der Waals surface area contributed by atoms with Gasteiger partial charge < -0.3 is 9.84 Å². The van der Waals surface area contributed by atoms with Gasteiger partial charge in [0, 0.05) is 17.8 Å². The first kappa shape index (κ1) is 13.3. The maximum Gasteiger partial charge on any atom is 0.354 e. The van der Waals surface area contributed by atoms with Gasteiger partial charge in [-0.1, -0.05) is 17.7 Å². The molecule has 4 nitrogen and oxygen atoms in total. The Hall–Kier alpha value is -2.14. The van der Waals surface area contributed by atoms with Crippen LogP contribution in [0.25, 0.3) is 11.1 Å². The molecular weight excluding hydrogens is 273 g/mol. The maximum absolute atomic E-state index is 13.1. The molecule has 0 bridgehead atoms. The molecule has 2 aromatic rings. The van der Waals surface area contributed by atoms with Crippen LogP contribution >= 0.6 is 11.6 Å². The summed E-state index contributed by atoms with van der Waals surface area (Å²) in [5.74, 6) is -1.35. The topological polar surface area (TPSA) is 59.4 Å². The van der Waals surface area contributed by atoms with Gasteiger partial charge in [0.25, 0.3) is 0 Å². The van der Waals surface area contributed by atoms with E-state index >= 15 is 0 Å². The molecule has 19 heavy (non-hydrogen) atoms. The number of hydrogen-bond donors (Lipinski definition) is 1. The van der Waals surface area contributed by atoms with Gasteiger partial charge in [0.1, 0.15) is 11.6 Å². The number of hydrogen-bond acceptors (Lipinski definition) is 3. The van der Waals surface area contributed by atoms with Gasteiger partial charge in [0.2, 0.25) is 0 Å². The van der Waals surface area contributed by atoms with Gasteiger partial charge >= 0.3 is 5.97 Å². The van der Waals surface area contributed by atoms with Gasteiger partial charge in [-0.25, -0.2) is 14.2 Å². The molecule has 0 aliphatic carbocycles. The molecule has 1 aromatic heterocycles. The lowest BCUT2D eigenvalue weighted by Gasteiger charge is -2.09. The van der Waals surface area contributed by atoms with Crippen LogP contribution in [0.3, 0.4) is 0 Å². The Labute approximate surface area is 113 Å². The first-order chi connectivity index (χ1) is 9.02. The number of rotatable bonds is 3. The molecule has 0 saturated carbocycles. The summed E-state index contributed by atoms with van der Waals surface area (Å²) >= 11 is 5.71. The van der Waals surface area contributed by atoms with E-state index in [9.17, 15) is 9.18 Å². The third-order valence-corrected chi connectivity index (χ3v) is 2.83. The first-order valence-electron chi connectivity index (χ1n) is 5.25. The standard InChI is InChI=1S/C13H9ClFNO3/c1-19-12-5-11(13(17)18)16-6-8(12)7-2-3-10(15)9(14)4-7/h2-6H,1H3,(H,17,18). The van der Waals surface area contributed by atoms with Gasteiger partial charge in [0.15, 0.2) is 5.69 Å². The van der Waals surface area contributed by atoms with Gasteiger partial charge in [-0.3, -0.25) is 0 Å². The van der Waals surface area contributed by atoms with Crippen molar-refractivity contribution in [1.29, 1.82) is 0 Å². The summed E-state index contributed by atoms with van der Waals surface area (Å²) in [6.07, 6.45) is 1.35. The van der Waals surface area contributed by atoms with Crippen LogP contribution in [0.15, 0.2) is 30.5 Å². The van der Waals surface area contributed by atoms with E-state index in [-0.39, 0.29) is 10.7 Å². The molecule has 0 saturated heterocycles. The highest BCUT2D eigenvalue weighted by Crippen LogP contribution is 2.32. The molecule has 0 unspecified atom stereocenters. The fourth-order valence-electron chi connectivity index (χ4n) is 1.60. The third-order valence-electron chi connectivity index (χ3n) is 2.54. The van der Waals surface area contributed by atoms with E-state index in [0.717, 1.165) is 0 Å². The maximum atomic E-state index is 13.1. The van der Waals surface area contributed by atoms with Crippen molar-refractivity contribution in [2.75, 3.05) is 7.11 Å². The Morgan fingerprint density at radius 1 is 1.42 bits per heavy atom. The van der Waals surface area contributed by atoms with E-state index < -0.39 is 11.8 Å². The molecule has 1 N–H and O–H groups in total. The number of pyridine rings is 1. The number of nitrogens with zero attached hydrogens (tertiary/aromatic N) is 1. The number of carboxylic acid groups (broad SMARTS) is 1. The number of benzene rings is 1. The van der Waals surface area contributed by atoms with Crippen molar-refractivity contribution in [2.45, 2.75) is 0 Å². The predicted octanol–water partition coefficient (Wildman–Crippen LogP) is 3.25. The first-order valence-corrected chi connectivity index (χ1v) is 5.63. The van der Waals surface area contributed by atoms with Crippen molar-refractivity contribution < 1.29 is 19.0 Å². The normalized spacial score (nSPS) is 10.3. The van der Waals surface area contributed by atoms with Crippen LogP contribution in [-0.2, 0) is 0 Å². The predicted molar refractivity (Wildman–Crippen MR) is 68.2 cm³/mol. The van der Waals surface area contributed by atoms with Crippen molar-refractivity contribution in [3.05, 3.63) is 47.0 Å². The molecule has 2 rings (SSSR count). The van der Waals surface area contributed by atoms with Crippen LogP contribution in [-0.4, -0.2) is 23.2 Å². The highest BCUT2D eigenvalue weighted by Gasteiger charge is 2.13. The van der Waals surface area contributed by atoms with E-state index in [1.165, 1.54) is 37.6 Å². The highest BCUT2D eigenvalue weighted by atomic mass is 35.5. The van der Waals surface area contributed by atoms with E-state index in [1.54, 1.807) is 0 Å². The van der Waals surface area contributed by atoms with E-state index in [1.807, 2.05) is 0 Å². The second-order valence-corrected chi connectivity index (χ2v) is 4.11. The summed E-state index contributed by atoms with van der Waals surface area (Å²) in [6, 6.07) is 5.47. The molecule has 0 fully saturated rings. The molecule has 0 atom stereocenters. The fraction of sp³-hybridized carbons (Fsp3) is 0.0769. The number of carbonyl (C=O) groups is 1. The number of aromatic nitrogens is 1. The second kappa shape index (κ2) is 5.24. The molecule has 98 valence electrons. The Balaban J connectivity index is 2.55. The number of aromatic carboxylic acids is 1. The van der Waals surface area contributed by atoms with E-state index in [0.29, 0.717) is 16.9 Å². The molecule has 1 aromatic carbocycles. The summed E-state index contributed by atoms with van der Waals surface area (Å²) in [6.45, 7) is 0. The van der Waals surface area contributed by atoms with Crippen molar-refractivity contribution in [1.82, 2.24) is 4.98 Å². The van der Waals surface area contributed by atoms with Crippen LogP contribution in [0, 0.1) is 5.82 Å². The number of ether oxygens (including phenoxy) is 1. The van der Waals surface area contributed by atoms with Crippen LogP contribution in [0.2, 0.25) is 5.02 Å². The monoisotopic (exact) mass is 281 g/mol. The van der Waals surface area contributed by atoms with Crippen LogP contribution < -0.4 is 4.74 Å². The van der Waals surface area contributed by atoms with Gasteiger partial charge in [0.05, 0.1) is 12.1 Å². The summed E-state index contributed by atoms with van der Waals surface area (Å²) < 4.78 is 18.2. The lowest BCUT2D eigenvalue weighted by Crippen LogP contribution is -2.01. The van der Waals surface area contributed by atoms with Crippen LogP contribution in [0.1, 0.15) is 10.5 Å². The van der Waals surface area contributed by atoms with Gasteiger partial charge in [-0.2, -0.15) is 0 Å². The molecular formula is C13H9ClFNO3. The van der Waals surface area contributed by atoms with Crippen molar-refractivity contribution >= 4 is 17.6 Å². The molecule has 0 spiro atoms. The summed E-state index contributed by atoms with van der Waals surface area (Å²) in [4.78, 5) is 14.6. The molecule has 1 heterocycles. The second-order valence-electron chi connectivity index (χ2n) is 3.70. The Bertz CT molecular complexity index is 646.